The second-order valence-electron chi connectivity index (χ2n) is 5.28. The molecule has 1 rings (SSSR count). The zero-order chi connectivity index (χ0) is 14.6. The van der Waals surface area contributed by atoms with Gasteiger partial charge in [-0.2, -0.15) is 0 Å². The molecule has 0 saturated heterocycles. The number of rotatable bonds is 4. The van der Waals surface area contributed by atoms with Crippen LogP contribution in [0.15, 0.2) is 24.3 Å². The van der Waals surface area contributed by atoms with Crippen LogP contribution in [-0.2, 0) is 4.74 Å². The van der Waals surface area contributed by atoms with Crippen LogP contribution in [0.3, 0.4) is 0 Å². The van der Waals surface area contributed by atoms with E-state index in [2.05, 4.69) is 0 Å². The van der Waals surface area contributed by atoms with Gasteiger partial charge in [-0.05, 0) is 44.5 Å². The Balaban J connectivity index is 2.82. The zero-order valence-corrected chi connectivity index (χ0v) is 12.2. The molecule has 0 aromatic heterocycles. The van der Waals surface area contributed by atoms with Crippen molar-refractivity contribution in [3.8, 4) is 0 Å². The van der Waals surface area contributed by atoms with Gasteiger partial charge >= 0.3 is 5.97 Å². The molecular weight excluding hydrogens is 242 g/mol. The van der Waals surface area contributed by atoms with Crippen LogP contribution in [-0.4, -0.2) is 36.5 Å². The predicted molar refractivity (Wildman–Crippen MR) is 74.2 cm³/mol. The summed E-state index contributed by atoms with van der Waals surface area (Å²) in [6, 6.07) is 6.51. The first-order valence-electron chi connectivity index (χ1n) is 6.32. The standard InChI is InChI=1S/C15H21NO3/c1-6-15(2,3)19-14(18)12-9-7-11(8-10-12)13(17)16(4)5/h7-10H,6H2,1-5H3. The van der Waals surface area contributed by atoms with Crippen molar-refractivity contribution in [2.24, 2.45) is 0 Å². The van der Waals surface area contributed by atoms with Crippen LogP contribution in [0, 0.1) is 0 Å². The van der Waals surface area contributed by atoms with Crippen LogP contribution in [0.4, 0.5) is 0 Å². The van der Waals surface area contributed by atoms with E-state index in [1.54, 1.807) is 38.4 Å². The summed E-state index contributed by atoms with van der Waals surface area (Å²) in [4.78, 5) is 25.1. The van der Waals surface area contributed by atoms with E-state index in [9.17, 15) is 9.59 Å². The average molecular weight is 263 g/mol. The molecule has 0 unspecified atom stereocenters. The molecule has 0 atom stereocenters. The molecule has 0 bridgehead atoms. The molecule has 0 saturated carbocycles. The Kier molecular flexibility index (Phi) is 4.70. The summed E-state index contributed by atoms with van der Waals surface area (Å²) in [6.45, 7) is 5.70. The van der Waals surface area contributed by atoms with Crippen molar-refractivity contribution in [2.75, 3.05) is 14.1 Å². The van der Waals surface area contributed by atoms with Crippen LogP contribution in [0.2, 0.25) is 0 Å². The maximum atomic E-state index is 11.9. The normalized spacial score (nSPS) is 11.0. The minimum absolute atomic E-state index is 0.0891. The largest absolute Gasteiger partial charge is 0.456 e. The lowest BCUT2D eigenvalue weighted by Gasteiger charge is -2.23. The van der Waals surface area contributed by atoms with E-state index in [0.29, 0.717) is 11.1 Å². The second kappa shape index (κ2) is 5.87. The third kappa shape index (κ3) is 4.09. The van der Waals surface area contributed by atoms with E-state index in [0.717, 1.165) is 6.42 Å². The molecule has 1 amide bonds. The highest BCUT2D eigenvalue weighted by Crippen LogP contribution is 2.17. The first-order valence-corrected chi connectivity index (χ1v) is 6.32. The maximum absolute atomic E-state index is 11.9. The second-order valence-corrected chi connectivity index (χ2v) is 5.28. The van der Waals surface area contributed by atoms with Gasteiger partial charge in [-0.15, -0.1) is 0 Å². The van der Waals surface area contributed by atoms with Gasteiger partial charge in [0.25, 0.3) is 5.91 Å². The fourth-order valence-corrected chi connectivity index (χ4v) is 1.39. The number of esters is 1. The summed E-state index contributed by atoms with van der Waals surface area (Å²) in [6.07, 6.45) is 0.746. The Morgan fingerprint density at radius 3 is 2.00 bits per heavy atom. The summed E-state index contributed by atoms with van der Waals surface area (Å²) in [5.74, 6) is -0.454. The van der Waals surface area contributed by atoms with E-state index in [4.69, 9.17) is 4.74 Å². The molecule has 4 nitrogen and oxygen atoms in total. The van der Waals surface area contributed by atoms with E-state index in [1.165, 1.54) is 4.90 Å². The van der Waals surface area contributed by atoms with Crippen molar-refractivity contribution >= 4 is 11.9 Å². The molecule has 0 aliphatic carbocycles. The van der Waals surface area contributed by atoms with Crippen LogP contribution >= 0.6 is 0 Å². The third-order valence-electron chi connectivity index (χ3n) is 2.99. The van der Waals surface area contributed by atoms with Gasteiger partial charge in [-0.1, -0.05) is 6.92 Å². The Bertz CT molecular complexity index is 461. The molecule has 0 aliphatic rings. The van der Waals surface area contributed by atoms with Gasteiger partial charge in [0.05, 0.1) is 5.56 Å². The number of benzene rings is 1. The molecule has 0 spiro atoms. The van der Waals surface area contributed by atoms with Gasteiger partial charge in [0.2, 0.25) is 0 Å². The lowest BCUT2D eigenvalue weighted by Crippen LogP contribution is -2.27. The van der Waals surface area contributed by atoms with Crippen molar-refractivity contribution < 1.29 is 14.3 Å². The van der Waals surface area contributed by atoms with Crippen molar-refractivity contribution in [1.82, 2.24) is 4.90 Å². The van der Waals surface area contributed by atoms with E-state index in [1.807, 2.05) is 20.8 Å². The number of amides is 1. The van der Waals surface area contributed by atoms with E-state index >= 15 is 0 Å². The summed E-state index contributed by atoms with van der Waals surface area (Å²) in [7, 11) is 3.38. The fourth-order valence-electron chi connectivity index (χ4n) is 1.39. The van der Waals surface area contributed by atoms with Crippen LogP contribution in [0.25, 0.3) is 0 Å². The summed E-state index contributed by atoms with van der Waals surface area (Å²) >= 11 is 0. The number of carbonyl (C=O) groups is 2. The van der Waals surface area contributed by atoms with Gasteiger partial charge in [-0.25, -0.2) is 4.79 Å². The smallest absolute Gasteiger partial charge is 0.338 e. The van der Waals surface area contributed by atoms with Gasteiger partial charge < -0.3 is 9.64 Å². The van der Waals surface area contributed by atoms with Crippen molar-refractivity contribution in [1.29, 1.82) is 0 Å². The molecule has 1 aromatic rings. The van der Waals surface area contributed by atoms with E-state index < -0.39 is 5.60 Å². The molecule has 19 heavy (non-hydrogen) atoms. The number of nitrogens with zero attached hydrogens (tertiary/aromatic N) is 1. The van der Waals surface area contributed by atoms with Crippen LogP contribution < -0.4 is 0 Å². The molecule has 0 N–H and O–H groups in total. The van der Waals surface area contributed by atoms with Gasteiger partial charge in [0.15, 0.2) is 0 Å². The number of carbonyl (C=O) groups excluding carboxylic acids is 2. The SMILES string of the molecule is CCC(C)(C)OC(=O)c1ccc(C(=O)N(C)C)cc1. The Morgan fingerprint density at radius 1 is 1.11 bits per heavy atom. The predicted octanol–water partition coefficient (Wildman–Crippen LogP) is 2.73. The fraction of sp³-hybridized carbons (Fsp3) is 0.467. The molecule has 4 heteroatoms. The molecule has 0 heterocycles. The Morgan fingerprint density at radius 2 is 1.58 bits per heavy atom. The summed E-state index contributed by atoms with van der Waals surface area (Å²) < 4.78 is 5.39. The molecule has 0 radical (unpaired) electrons. The van der Waals surface area contributed by atoms with Crippen LogP contribution in [0.5, 0.6) is 0 Å². The van der Waals surface area contributed by atoms with Crippen molar-refractivity contribution in [3.05, 3.63) is 35.4 Å². The van der Waals surface area contributed by atoms with Gasteiger partial charge in [0, 0.05) is 19.7 Å². The Hall–Kier alpha value is -1.84. The van der Waals surface area contributed by atoms with Crippen LogP contribution in [0.1, 0.15) is 47.9 Å². The Labute approximate surface area is 114 Å². The van der Waals surface area contributed by atoms with Crippen molar-refractivity contribution in [2.45, 2.75) is 32.8 Å². The first kappa shape index (κ1) is 15.2. The summed E-state index contributed by atoms with van der Waals surface area (Å²) in [5.41, 5.74) is 0.531. The van der Waals surface area contributed by atoms with E-state index in [-0.39, 0.29) is 11.9 Å². The zero-order valence-electron chi connectivity index (χ0n) is 12.2. The minimum Gasteiger partial charge on any atom is -0.456 e. The van der Waals surface area contributed by atoms with Crippen molar-refractivity contribution in [3.63, 3.8) is 0 Å². The highest BCUT2D eigenvalue weighted by Gasteiger charge is 2.21. The highest BCUT2D eigenvalue weighted by atomic mass is 16.6. The van der Waals surface area contributed by atoms with Gasteiger partial charge in [0.1, 0.15) is 5.60 Å². The number of hydrogen-bond acceptors (Lipinski definition) is 3. The lowest BCUT2D eigenvalue weighted by atomic mass is 10.1. The molecule has 0 aliphatic heterocycles. The molecular formula is C15H21NO3. The first-order chi connectivity index (χ1) is 8.76. The molecule has 1 aromatic carbocycles. The monoisotopic (exact) mass is 263 g/mol. The lowest BCUT2D eigenvalue weighted by molar-refractivity contribution is -0.00245. The number of hydrogen-bond donors (Lipinski definition) is 0. The highest BCUT2D eigenvalue weighted by molar-refractivity contribution is 5.96. The average Bonchev–Trinajstić information content (AvgIpc) is 2.37. The topological polar surface area (TPSA) is 46.6 Å². The third-order valence-corrected chi connectivity index (χ3v) is 2.99. The molecule has 104 valence electrons. The summed E-state index contributed by atoms with van der Waals surface area (Å²) in [5, 5.41) is 0. The van der Waals surface area contributed by atoms with Gasteiger partial charge in [-0.3, -0.25) is 4.79 Å². The minimum atomic E-state index is -0.477. The maximum Gasteiger partial charge on any atom is 0.338 e. The quantitative estimate of drug-likeness (QED) is 0.785. The molecule has 0 fully saturated rings. The number of ether oxygens (including phenoxy) is 1.